The number of oxime groups is 1. The van der Waals surface area contributed by atoms with Crippen molar-refractivity contribution in [1.82, 2.24) is 4.90 Å². The van der Waals surface area contributed by atoms with E-state index in [4.69, 9.17) is 24.2 Å². The van der Waals surface area contributed by atoms with Crippen LogP contribution in [0.2, 0.25) is 0 Å². The van der Waals surface area contributed by atoms with Gasteiger partial charge in [-0.05, 0) is 147 Å². The van der Waals surface area contributed by atoms with Crippen LogP contribution in [0.5, 0.6) is 17.2 Å². The number of benzene rings is 5. The Bertz CT molecular complexity index is 2660. The van der Waals surface area contributed by atoms with Crippen LogP contribution in [-0.4, -0.2) is 64.0 Å². The fourth-order valence-corrected chi connectivity index (χ4v) is 10.3. The van der Waals surface area contributed by atoms with E-state index in [9.17, 15) is 19.9 Å². The van der Waals surface area contributed by atoms with Crippen LogP contribution < -0.4 is 9.47 Å². The minimum Gasteiger partial charge on any atom is -0.459 e. The first-order valence-corrected chi connectivity index (χ1v) is 24.1. The lowest BCUT2D eigenvalue weighted by atomic mass is 9.55. The first-order valence-electron chi connectivity index (χ1n) is 24.1. The molecule has 0 bridgehead atoms. The predicted molar refractivity (Wildman–Crippen MR) is 265 cm³/mol. The van der Waals surface area contributed by atoms with E-state index in [0.717, 1.165) is 47.9 Å². The highest BCUT2D eigenvalue weighted by molar-refractivity contribution is 6.03. The summed E-state index contributed by atoms with van der Waals surface area (Å²) in [5.41, 5.74) is 5.43. The number of carbonyl (C=O) groups excluding carboxylic acids is 1. The van der Waals surface area contributed by atoms with Crippen LogP contribution in [0.3, 0.4) is 0 Å². The molecular formula is C58H62FN3O7. The third-order valence-electron chi connectivity index (χ3n) is 13.4. The lowest BCUT2D eigenvalue weighted by molar-refractivity contribution is -0.255. The Morgan fingerprint density at radius 1 is 0.899 bits per heavy atom. The summed E-state index contributed by atoms with van der Waals surface area (Å²) in [5, 5.41) is 34.7. The van der Waals surface area contributed by atoms with E-state index in [-0.39, 0.29) is 56.4 Å². The first kappa shape index (κ1) is 48.9. The molecule has 10 nitrogen and oxygen atoms in total. The van der Waals surface area contributed by atoms with Gasteiger partial charge in [-0.25, -0.2) is 4.39 Å². The predicted octanol–water partition coefficient (Wildman–Crippen LogP) is 11.9. The Morgan fingerprint density at radius 3 is 2.25 bits per heavy atom. The number of halogens is 1. The molecule has 1 amide bonds. The molecule has 69 heavy (non-hydrogen) atoms. The van der Waals surface area contributed by atoms with Crippen LogP contribution in [0, 0.1) is 34.9 Å². The number of ether oxygens (including phenoxy) is 3. The molecular weight excluding hydrogens is 870 g/mol. The monoisotopic (exact) mass is 931 g/mol. The van der Waals surface area contributed by atoms with E-state index in [1.807, 2.05) is 75.4 Å². The molecule has 6 atom stereocenters. The standard InChI is InChI=1S/C58H62FN3O7/c1-5-33-66-58-53(62(38-40-19-25-45(59)26-20-40)56(65)43-21-17-39(37-60)18-22-43)36-51(61-69-57(2,3)4)49-34-44(15-9-11-31-63)48(16-10-12-32-64)54(55(49)58)50-35-47(29-30-52(50)68-58)67-46-27-23-42(24-28-46)41-13-7-6-8-14-41/h5-8,13-14,17-30,34-35,44,48,53-55,63-64H,1,9-12,15-16,31-33,36,38H2,2-4H3/t44-,48+,53-,54+,55+,58+/m0/s1. The number of nitriles is 1. The molecule has 5 aromatic rings. The van der Waals surface area contributed by atoms with Gasteiger partial charge in [-0.15, -0.1) is 6.58 Å². The maximum absolute atomic E-state index is 15.4. The van der Waals surface area contributed by atoms with Crippen molar-refractivity contribution in [2.24, 2.45) is 22.9 Å². The second-order valence-electron chi connectivity index (χ2n) is 19.2. The number of carbonyl (C=O) groups is 1. The summed E-state index contributed by atoms with van der Waals surface area (Å²) in [6.07, 6.45) is 8.54. The van der Waals surface area contributed by atoms with E-state index in [0.29, 0.717) is 52.5 Å². The third-order valence-corrected chi connectivity index (χ3v) is 13.4. The van der Waals surface area contributed by atoms with Gasteiger partial charge in [-0.1, -0.05) is 84.7 Å². The van der Waals surface area contributed by atoms with E-state index >= 15 is 4.79 Å². The summed E-state index contributed by atoms with van der Waals surface area (Å²) in [6.45, 7) is 10.2. The maximum atomic E-state index is 15.4. The van der Waals surface area contributed by atoms with Crippen molar-refractivity contribution in [2.75, 3.05) is 19.8 Å². The number of amides is 1. The van der Waals surface area contributed by atoms with Gasteiger partial charge in [0.2, 0.25) is 5.79 Å². The quantitative estimate of drug-likeness (QED) is 0.0475. The maximum Gasteiger partial charge on any atom is 0.254 e. The smallest absolute Gasteiger partial charge is 0.254 e. The summed E-state index contributed by atoms with van der Waals surface area (Å²) in [6, 6.07) is 38.0. The second-order valence-corrected chi connectivity index (χ2v) is 19.2. The van der Waals surface area contributed by atoms with Gasteiger partial charge in [0, 0.05) is 43.2 Å². The Balaban J connectivity index is 1.34. The van der Waals surface area contributed by atoms with Crippen molar-refractivity contribution in [1.29, 1.82) is 5.26 Å². The summed E-state index contributed by atoms with van der Waals surface area (Å²) in [5.74, 6) is -1.25. The second kappa shape index (κ2) is 21.8. The zero-order valence-electron chi connectivity index (χ0n) is 39.7. The molecule has 11 heteroatoms. The molecule has 2 N–H and O–H groups in total. The van der Waals surface area contributed by atoms with Gasteiger partial charge in [-0.3, -0.25) is 4.79 Å². The summed E-state index contributed by atoms with van der Waals surface area (Å²) < 4.78 is 35.8. The Hall–Kier alpha value is -6.58. The number of aliphatic hydroxyl groups is 2. The number of hydrogen-bond acceptors (Lipinski definition) is 9. The van der Waals surface area contributed by atoms with Gasteiger partial charge in [0.25, 0.3) is 5.91 Å². The summed E-state index contributed by atoms with van der Waals surface area (Å²) >= 11 is 0. The minimum absolute atomic E-state index is 0.0120. The molecule has 0 spiro atoms. The van der Waals surface area contributed by atoms with Crippen molar-refractivity contribution >= 4 is 11.6 Å². The van der Waals surface area contributed by atoms with E-state index < -0.39 is 29.2 Å². The SMILES string of the molecule is C=CCO[C@@]12Oc3ccc(Oc4ccc(-c5ccccc5)cc4)cc3[C@H]3[C@H](CCCCO)[C@@H](CCCCO)C=C(C(=NOC(C)(C)C)C[C@@H]1N(Cc1ccc(F)cc1)C(=O)c1ccc(C#N)cc1)[C@H]32. The minimum atomic E-state index is -1.54. The Kier molecular flexibility index (Phi) is 15.4. The number of nitrogens with zero attached hydrogens (tertiary/aromatic N) is 3. The van der Waals surface area contributed by atoms with Crippen molar-refractivity contribution in [3.05, 3.63) is 174 Å². The number of allylic oxidation sites excluding steroid dienone is 1. The van der Waals surface area contributed by atoms with Gasteiger partial charge in [0.05, 0.1) is 29.9 Å². The number of aliphatic hydroxyl groups excluding tert-OH is 2. The largest absolute Gasteiger partial charge is 0.459 e. The molecule has 1 fully saturated rings. The lowest BCUT2D eigenvalue weighted by Gasteiger charge is -2.60. The Morgan fingerprint density at radius 2 is 1.58 bits per heavy atom. The van der Waals surface area contributed by atoms with Gasteiger partial charge in [0.15, 0.2) is 0 Å². The molecule has 0 saturated heterocycles. The van der Waals surface area contributed by atoms with E-state index in [1.54, 1.807) is 47.4 Å². The molecule has 3 aliphatic rings. The lowest BCUT2D eigenvalue weighted by Crippen LogP contribution is -2.70. The van der Waals surface area contributed by atoms with Gasteiger partial charge < -0.3 is 34.2 Å². The molecule has 1 heterocycles. The molecule has 0 unspecified atom stereocenters. The molecule has 0 radical (unpaired) electrons. The summed E-state index contributed by atoms with van der Waals surface area (Å²) in [4.78, 5) is 23.4. The zero-order valence-corrected chi connectivity index (χ0v) is 39.7. The van der Waals surface area contributed by atoms with Crippen LogP contribution in [0.25, 0.3) is 11.1 Å². The molecule has 358 valence electrons. The first-order chi connectivity index (χ1) is 33.4. The molecule has 2 aliphatic carbocycles. The van der Waals surface area contributed by atoms with Crippen molar-refractivity contribution in [3.63, 3.8) is 0 Å². The van der Waals surface area contributed by atoms with E-state index in [1.165, 1.54) is 12.1 Å². The average Bonchev–Trinajstić information content (AvgIpc) is 3.36. The van der Waals surface area contributed by atoms with E-state index in [2.05, 4.69) is 36.9 Å². The number of unbranched alkanes of at least 4 members (excludes halogenated alkanes) is 2. The van der Waals surface area contributed by atoms with Gasteiger partial charge in [-0.2, -0.15) is 5.26 Å². The highest BCUT2D eigenvalue weighted by Gasteiger charge is 2.65. The van der Waals surface area contributed by atoms with Gasteiger partial charge >= 0.3 is 0 Å². The van der Waals surface area contributed by atoms with Crippen molar-refractivity contribution in [2.45, 2.75) is 95.6 Å². The topological polar surface area (TPSA) is 134 Å². The molecule has 1 aliphatic heterocycles. The van der Waals surface area contributed by atoms with Crippen molar-refractivity contribution in [3.8, 4) is 34.4 Å². The van der Waals surface area contributed by atoms with Crippen LogP contribution in [0.4, 0.5) is 4.39 Å². The number of fused-ring (bicyclic) bond motifs is 2. The molecule has 5 aromatic carbocycles. The molecule has 0 aromatic heterocycles. The normalized spacial score (nSPS) is 22.0. The highest BCUT2D eigenvalue weighted by Crippen LogP contribution is 2.62. The fourth-order valence-electron chi connectivity index (χ4n) is 10.3. The third kappa shape index (κ3) is 11.0. The fraction of sp³-hybridized carbons (Fsp3) is 0.362. The Labute approximate surface area is 405 Å². The van der Waals surface area contributed by atoms with Crippen LogP contribution in [0.1, 0.15) is 98.7 Å². The molecule has 8 rings (SSSR count). The van der Waals surface area contributed by atoms with Gasteiger partial charge in [0.1, 0.15) is 34.7 Å². The zero-order chi connectivity index (χ0) is 48.5. The summed E-state index contributed by atoms with van der Waals surface area (Å²) in [7, 11) is 0. The number of rotatable bonds is 19. The van der Waals surface area contributed by atoms with Crippen molar-refractivity contribution < 1.29 is 38.4 Å². The average molecular weight is 932 g/mol. The highest BCUT2D eigenvalue weighted by atomic mass is 19.1. The molecule has 1 saturated carbocycles. The van der Waals surface area contributed by atoms with Crippen LogP contribution in [0.15, 0.2) is 151 Å². The van der Waals surface area contributed by atoms with Crippen LogP contribution >= 0.6 is 0 Å². The van der Waals surface area contributed by atoms with Crippen LogP contribution in [-0.2, 0) is 16.1 Å². The number of hydrogen-bond donors (Lipinski definition) is 2.